The van der Waals surface area contributed by atoms with Gasteiger partial charge in [0.25, 0.3) is 5.91 Å². The second kappa shape index (κ2) is 5.11. The van der Waals surface area contributed by atoms with E-state index in [1.807, 2.05) is 6.07 Å². The van der Waals surface area contributed by atoms with Gasteiger partial charge in [0.05, 0.1) is 7.11 Å². The normalized spacial score (nSPS) is 9.94. The van der Waals surface area contributed by atoms with E-state index in [9.17, 15) is 4.79 Å². The topological polar surface area (TPSA) is 79.9 Å². The highest BCUT2D eigenvalue weighted by molar-refractivity contribution is 5.91. The molecule has 0 aromatic carbocycles. The second-order valence-electron chi connectivity index (χ2n) is 3.36. The molecule has 6 nitrogen and oxygen atoms in total. The second-order valence-corrected chi connectivity index (χ2v) is 3.36. The highest BCUT2D eigenvalue weighted by Gasteiger charge is 2.06. The molecule has 0 aliphatic carbocycles. The predicted octanol–water partition coefficient (Wildman–Crippen LogP) is 0.743. The average Bonchev–Trinajstić information content (AvgIpc) is 2.90. The van der Waals surface area contributed by atoms with Crippen molar-refractivity contribution in [2.45, 2.75) is 6.54 Å². The molecule has 2 N–H and O–H groups in total. The summed E-state index contributed by atoms with van der Waals surface area (Å²) >= 11 is 0. The minimum Gasteiger partial charge on any atom is -0.481 e. The zero-order valence-electron chi connectivity index (χ0n) is 9.30. The number of methoxy groups -OCH3 is 1. The van der Waals surface area contributed by atoms with Crippen LogP contribution in [0.15, 0.2) is 30.6 Å². The molecule has 0 fully saturated rings. The summed E-state index contributed by atoms with van der Waals surface area (Å²) in [5, 5.41) is 9.07. The Morgan fingerprint density at radius 1 is 1.47 bits per heavy atom. The van der Waals surface area contributed by atoms with E-state index in [1.165, 1.54) is 6.20 Å². The minimum atomic E-state index is -0.196. The van der Waals surface area contributed by atoms with Crippen LogP contribution in [0.3, 0.4) is 0 Å². The number of amides is 1. The molecular formula is C11H12N4O2. The first-order chi connectivity index (χ1) is 8.29. The first kappa shape index (κ1) is 11.1. The maximum atomic E-state index is 11.6. The Kier molecular flexibility index (Phi) is 3.34. The molecule has 88 valence electrons. The van der Waals surface area contributed by atoms with Crippen LogP contribution in [0.1, 0.15) is 16.1 Å². The van der Waals surface area contributed by atoms with Gasteiger partial charge in [-0.15, -0.1) is 0 Å². The summed E-state index contributed by atoms with van der Waals surface area (Å²) in [6.07, 6.45) is 3.17. The van der Waals surface area contributed by atoms with Gasteiger partial charge in [-0.25, -0.2) is 4.98 Å². The largest absolute Gasteiger partial charge is 0.481 e. The summed E-state index contributed by atoms with van der Waals surface area (Å²) in [6, 6.07) is 5.20. The zero-order chi connectivity index (χ0) is 12.1. The molecule has 0 spiro atoms. The summed E-state index contributed by atoms with van der Waals surface area (Å²) in [4.78, 5) is 15.6. The third-order valence-electron chi connectivity index (χ3n) is 2.21. The maximum Gasteiger partial charge on any atom is 0.269 e. The van der Waals surface area contributed by atoms with Crippen molar-refractivity contribution in [3.05, 3.63) is 41.9 Å². The number of carbonyl (C=O) groups is 1. The Hall–Kier alpha value is -2.37. The third kappa shape index (κ3) is 2.81. The van der Waals surface area contributed by atoms with E-state index in [0.717, 1.165) is 5.56 Å². The predicted molar refractivity (Wildman–Crippen MR) is 60.5 cm³/mol. The van der Waals surface area contributed by atoms with Crippen LogP contribution >= 0.6 is 0 Å². The summed E-state index contributed by atoms with van der Waals surface area (Å²) in [6.45, 7) is 0.413. The number of pyridine rings is 1. The molecule has 17 heavy (non-hydrogen) atoms. The lowest BCUT2D eigenvalue weighted by molar-refractivity contribution is 0.0946. The maximum absolute atomic E-state index is 11.6. The minimum absolute atomic E-state index is 0.196. The Balaban J connectivity index is 1.95. The Labute approximate surface area is 98.0 Å². The van der Waals surface area contributed by atoms with Crippen molar-refractivity contribution in [3.8, 4) is 5.88 Å². The molecule has 0 aliphatic heterocycles. The Morgan fingerprint density at radius 3 is 3.06 bits per heavy atom. The van der Waals surface area contributed by atoms with Crippen molar-refractivity contribution in [1.82, 2.24) is 20.5 Å². The average molecular weight is 232 g/mol. The van der Waals surface area contributed by atoms with E-state index in [1.54, 1.807) is 25.4 Å². The number of H-pyrrole nitrogens is 1. The number of rotatable bonds is 4. The smallest absolute Gasteiger partial charge is 0.269 e. The van der Waals surface area contributed by atoms with Crippen molar-refractivity contribution in [2.24, 2.45) is 0 Å². The first-order valence-corrected chi connectivity index (χ1v) is 5.06. The lowest BCUT2D eigenvalue weighted by Crippen LogP contribution is -2.23. The van der Waals surface area contributed by atoms with Crippen LogP contribution in [0, 0.1) is 0 Å². The number of hydrogen-bond donors (Lipinski definition) is 2. The zero-order valence-corrected chi connectivity index (χ0v) is 9.30. The van der Waals surface area contributed by atoms with E-state index < -0.39 is 0 Å². The van der Waals surface area contributed by atoms with E-state index >= 15 is 0 Å². The van der Waals surface area contributed by atoms with Gasteiger partial charge in [0.1, 0.15) is 5.69 Å². The van der Waals surface area contributed by atoms with E-state index in [2.05, 4.69) is 20.5 Å². The van der Waals surface area contributed by atoms with Gasteiger partial charge in [-0.1, -0.05) is 0 Å². The molecule has 0 radical (unpaired) electrons. The molecule has 0 bridgehead atoms. The molecule has 0 unspecified atom stereocenters. The summed E-state index contributed by atoms with van der Waals surface area (Å²) in [7, 11) is 1.55. The Morgan fingerprint density at radius 2 is 2.35 bits per heavy atom. The van der Waals surface area contributed by atoms with Crippen molar-refractivity contribution in [3.63, 3.8) is 0 Å². The third-order valence-corrected chi connectivity index (χ3v) is 2.21. The van der Waals surface area contributed by atoms with Crippen molar-refractivity contribution in [2.75, 3.05) is 7.11 Å². The van der Waals surface area contributed by atoms with Crippen LogP contribution in [0.5, 0.6) is 5.88 Å². The molecule has 2 aromatic heterocycles. The van der Waals surface area contributed by atoms with E-state index in [4.69, 9.17) is 4.74 Å². The molecule has 0 atom stereocenters. The highest BCUT2D eigenvalue weighted by Crippen LogP contribution is 2.08. The van der Waals surface area contributed by atoms with Crippen LogP contribution in [-0.4, -0.2) is 28.2 Å². The molecule has 2 aromatic rings. The number of carbonyl (C=O) groups excluding carboxylic acids is 1. The molecule has 2 rings (SSSR count). The van der Waals surface area contributed by atoms with Crippen molar-refractivity contribution >= 4 is 5.91 Å². The van der Waals surface area contributed by atoms with Crippen LogP contribution in [0.25, 0.3) is 0 Å². The lowest BCUT2D eigenvalue weighted by Gasteiger charge is -2.05. The highest BCUT2D eigenvalue weighted by atomic mass is 16.5. The molecule has 6 heteroatoms. The van der Waals surface area contributed by atoms with Gasteiger partial charge in [0, 0.05) is 25.0 Å². The lowest BCUT2D eigenvalue weighted by atomic mass is 10.2. The number of aromatic amines is 1. The van der Waals surface area contributed by atoms with Gasteiger partial charge in [0.15, 0.2) is 0 Å². The summed E-state index contributed by atoms with van der Waals surface area (Å²) in [5.41, 5.74) is 1.36. The molecule has 0 aliphatic rings. The molecule has 1 amide bonds. The SMILES string of the molecule is COc1cc(CNC(=O)c2ccn[nH]2)ccn1. The van der Waals surface area contributed by atoms with E-state index in [-0.39, 0.29) is 5.91 Å². The first-order valence-electron chi connectivity index (χ1n) is 5.06. The molecule has 2 heterocycles. The number of nitrogens with one attached hydrogen (secondary N) is 2. The van der Waals surface area contributed by atoms with Gasteiger partial charge >= 0.3 is 0 Å². The van der Waals surface area contributed by atoms with Crippen molar-refractivity contribution < 1.29 is 9.53 Å². The fraction of sp³-hybridized carbons (Fsp3) is 0.182. The van der Waals surface area contributed by atoms with Crippen molar-refractivity contribution in [1.29, 1.82) is 0 Å². The van der Waals surface area contributed by atoms with Gasteiger partial charge in [0.2, 0.25) is 5.88 Å². The van der Waals surface area contributed by atoms with E-state index in [0.29, 0.717) is 18.1 Å². The fourth-order valence-electron chi connectivity index (χ4n) is 1.33. The monoisotopic (exact) mass is 232 g/mol. The molecule has 0 saturated carbocycles. The number of ether oxygens (including phenoxy) is 1. The standard InChI is InChI=1S/C11H12N4O2/c1-17-10-6-8(2-4-12-10)7-13-11(16)9-3-5-14-15-9/h2-6H,7H2,1H3,(H,13,16)(H,14,15). The van der Waals surface area contributed by atoms with Crippen LogP contribution in [0.4, 0.5) is 0 Å². The number of hydrogen-bond acceptors (Lipinski definition) is 4. The quantitative estimate of drug-likeness (QED) is 0.815. The summed E-state index contributed by atoms with van der Waals surface area (Å²) in [5.74, 6) is 0.330. The van der Waals surface area contributed by atoms with Gasteiger partial charge in [-0.3, -0.25) is 9.89 Å². The van der Waals surface area contributed by atoms with Crippen LogP contribution in [0.2, 0.25) is 0 Å². The molecular weight excluding hydrogens is 220 g/mol. The van der Waals surface area contributed by atoms with Gasteiger partial charge in [-0.2, -0.15) is 5.10 Å². The Bertz CT molecular complexity index is 496. The number of aromatic nitrogens is 3. The molecule has 0 saturated heterocycles. The van der Waals surface area contributed by atoms with Crippen LogP contribution in [-0.2, 0) is 6.54 Å². The number of nitrogens with zero attached hydrogens (tertiary/aromatic N) is 2. The van der Waals surface area contributed by atoms with Gasteiger partial charge < -0.3 is 10.1 Å². The van der Waals surface area contributed by atoms with Crippen LogP contribution < -0.4 is 10.1 Å². The summed E-state index contributed by atoms with van der Waals surface area (Å²) < 4.78 is 4.99. The fourth-order valence-corrected chi connectivity index (χ4v) is 1.33. The van der Waals surface area contributed by atoms with Gasteiger partial charge in [-0.05, 0) is 17.7 Å².